The summed E-state index contributed by atoms with van der Waals surface area (Å²) in [7, 11) is 1.26. The summed E-state index contributed by atoms with van der Waals surface area (Å²) in [5, 5.41) is 2.47. The van der Waals surface area contributed by atoms with Gasteiger partial charge < -0.3 is 14.8 Å². The van der Waals surface area contributed by atoms with E-state index in [2.05, 4.69) is 26.0 Å². The van der Waals surface area contributed by atoms with Gasteiger partial charge in [-0.3, -0.25) is 4.79 Å². The molecule has 0 aromatic heterocycles. The zero-order valence-electron chi connectivity index (χ0n) is 10.1. The number of benzene rings is 1. The van der Waals surface area contributed by atoms with Crippen LogP contribution in [-0.2, 0) is 14.3 Å². The van der Waals surface area contributed by atoms with Crippen LogP contribution in [0.5, 0.6) is 5.75 Å². The molecule has 0 spiro atoms. The van der Waals surface area contributed by atoms with Crippen molar-refractivity contribution in [3.8, 4) is 5.75 Å². The van der Waals surface area contributed by atoms with Crippen LogP contribution >= 0.6 is 15.9 Å². The summed E-state index contributed by atoms with van der Waals surface area (Å²) in [4.78, 5) is 22.4. The van der Waals surface area contributed by atoms with Gasteiger partial charge in [0.25, 0.3) is 0 Å². The van der Waals surface area contributed by atoms with Crippen LogP contribution in [0.2, 0.25) is 0 Å². The summed E-state index contributed by atoms with van der Waals surface area (Å²) in [6.45, 7) is 1.34. The number of carbonyl (C=O) groups is 2. The first kappa shape index (κ1) is 14.5. The fraction of sp³-hybridized carbons (Fsp3) is 0.333. The number of hydrogen-bond donors (Lipinski definition) is 1. The van der Waals surface area contributed by atoms with Crippen molar-refractivity contribution in [3.63, 3.8) is 0 Å². The lowest BCUT2D eigenvalue weighted by atomic mass is 10.3. The van der Waals surface area contributed by atoms with Crippen LogP contribution in [0.3, 0.4) is 0 Å². The number of ether oxygens (including phenoxy) is 2. The van der Waals surface area contributed by atoms with Crippen molar-refractivity contribution in [3.05, 3.63) is 28.7 Å². The van der Waals surface area contributed by atoms with Crippen molar-refractivity contribution in [2.45, 2.75) is 13.0 Å². The third-order valence-corrected chi connectivity index (χ3v) is 2.76. The number of halogens is 1. The number of esters is 1. The summed E-state index contributed by atoms with van der Waals surface area (Å²) in [5.74, 6) is -0.268. The highest BCUT2D eigenvalue weighted by Crippen LogP contribution is 2.23. The standard InChI is InChI=1S/C12H14BrNO4/c1-8(15)14-10(12(16)17-2)7-18-11-6-4-3-5-9(11)13/h3-6,10H,7H2,1-2H3,(H,14,15). The minimum absolute atomic E-state index is 0.00880. The second kappa shape index (κ2) is 7.00. The number of nitrogens with one attached hydrogen (secondary N) is 1. The Morgan fingerprint density at radius 1 is 1.39 bits per heavy atom. The highest BCUT2D eigenvalue weighted by Gasteiger charge is 2.21. The molecule has 0 heterocycles. The molecule has 1 aromatic rings. The second-order valence-electron chi connectivity index (χ2n) is 3.52. The Bertz CT molecular complexity index is 436. The molecule has 0 bridgehead atoms. The third-order valence-electron chi connectivity index (χ3n) is 2.11. The van der Waals surface area contributed by atoms with Gasteiger partial charge in [-0.05, 0) is 28.1 Å². The molecule has 18 heavy (non-hydrogen) atoms. The highest BCUT2D eigenvalue weighted by molar-refractivity contribution is 9.10. The topological polar surface area (TPSA) is 64.6 Å². The molecule has 1 unspecified atom stereocenters. The van der Waals surface area contributed by atoms with E-state index in [-0.39, 0.29) is 12.5 Å². The second-order valence-corrected chi connectivity index (χ2v) is 4.37. The van der Waals surface area contributed by atoms with E-state index in [1.54, 1.807) is 6.07 Å². The monoisotopic (exact) mass is 315 g/mol. The van der Waals surface area contributed by atoms with Gasteiger partial charge in [-0.1, -0.05) is 12.1 Å². The Morgan fingerprint density at radius 3 is 2.61 bits per heavy atom. The first-order valence-electron chi connectivity index (χ1n) is 5.27. The smallest absolute Gasteiger partial charge is 0.331 e. The van der Waals surface area contributed by atoms with Crippen LogP contribution in [0.4, 0.5) is 0 Å². The normalized spacial score (nSPS) is 11.5. The first-order valence-corrected chi connectivity index (χ1v) is 6.06. The first-order chi connectivity index (χ1) is 8.54. The van der Waals surface area contributed by atoms with Crippen molar-refractivity contribution in [1.82, 2.24) is 5.32 Å². The van der Waals surface area contributed by atoms with E-state index in [9.17, 15) is 9.59 Å². The quantitative estimate of drug-likeness (QED) is 0.836. The van der Waals surface area contributed by atoms with Crippen molar-refractivity contribution < 1.29 is 19.1 Å². The summed E-state index contributed by atoms with van der Waals surface area (Å²) in [6.07, 6.45) is 0. The Labute approximate surface area is 114 Å². The molecule has 5 nitrogen and oxygen atoms in total. The van der Waals surface area contributed by atoms with Gasteiger partial charge in [-0.25, -0.2) is 4.79 Å². The van der Waals surface area contributed by atoms with Crippen LogP contribution in [0.25, 0.3) is 0 Å². The molecule has 0 radical (unpaired) electrons. The van der Waals surface area contributed by atoms with E-state index in [0.29, 0.717) is 5.75 Å². The van der Waals surface area contributed by atoms with Crippen molar-refractivity contribution in [1.29, 1.82) is 0 Å². The predicted octanol–water partition coefficient (Wildman–Crippen LogP) is 1.51. The molecule has 0 aliphatic carbocycles. The van der Waals surface area contributed by atoms with Crippen LogP contribution < -0.4 is 10.1 Å². The Balaban J connectivity index is 2.64. The molecule has 0 aliphatic rings. The summed E-state index contributed by atoms with van der Waals surface area (Å²) < 4.78 is 10.8. The lowest BCUT2D eigenvalue weighted by Gasteiger charge is -2.16. The third kappa shape index (κ3) is 4.37. The SMILES string of the molecule is COC(=O)C(COc1ccccc1Br)NC(C)=O. The Hall–Kier alpha value is -1.56. The van der Waals surface area contributed by atoms with E-state index < -0.39 is 12.0 Å². The predicted molar refractivity (Wildman–Crippen MR) is 69.3 cm³/mol. The number of methoxy groups -OCH3 is 1. The van der Waals surface area contributed by atoms with Gasteiger partial charge in [0, 0.05) is 6.92 Å². The molecule has 1 amide bonds. The van der Waals surface area contributed by atoms with Crippen molar-refractivity contribution in [2.24, 2.45) is 0 Å². The molecular formula is C12H14BrNO4. The number of amides is 1. The largest absolute Gasteiger partial charge is 0.490 e. The van der Waals surface area contributed by atoms with Gasteiger partial charge >= 0.3 is 5.97 Å². The van der Waals surface area contributed by atoms with E-state index in [1.165, 1.54) is 14.0 Å². The maximum absolute atomic E-state index is 11.4. The van der Waals surface area contributed by atoms with Gasteiger partial charge in [0.2, 0.25) is 5.91 Å². The van der Waals surface area contributed by atoms with E-state index in [4.69, 9.17) is 4.74 Å². The molecule has 1 atom stereocenters. The lowest BCUT2D eigenvalue weighted by Crippen LogP contribution is -2.44. The van der Waals surface area contributed by atoms with Crippen LogP contribution in [0.15, 0.2) is 28.7 Å². The van der Waals surface area contributed by atoms with E-state index in [1.807, 2.05) is 18.2 Å². The molecule has 6 heteroatoms. The molecule has 0 saturated carbocycles. The Kier molecular flexibility index (Phi) is 5.64. The average Bonchev–Trinajstić information content (AvgIpc) is 2.34. The van der Waals surface area contributed by atoms with Gasteiger partial charge in [0.05, 0.1) is 11.6 Å². The average molecular weight is 316 g/mol. The Morgan fingerprint density at radius 2 is 2.06 bits per heavy atom. The lowest BCUT2D eigenvalue weighted by molar-refractivity contribution is -0.145. The fourth-order valence-electron chi connectivity index (χ4n) is 1.29. The van der Waals surface area contributed by atoms with Crippen LogP contribution in [-0.4, -0.2) is 31.6 Å². The van der Waals surface area contributed by atoms with Gasteiger partial charge in [0.15, 0.2) is 6.04 Å². The minimum Gasteiger partial charge on any atom is -0.490 e. The molecule has 0 aliphatic heterocycles. The maximum atomic E-state index is 11.4. The number of hydrogen-bond acceptors (Lipinski definition) is 4. The molecule has 1 rings (SSSR count). The van der Waals surface area contributed by atoms with E-state index in [0.717, 1.165) is 4.47 Å². The summed E-state index contributed by atoms with van der Waals surface area (Å²) in [5.41, 5.74) is 0. The molecule has 1 aromatic carbocycles. The van der Waals surface area contributed by atoms with Crippen molar-refractivity contribution in [2.75, 3.05) is 13.7 Å². The summed E-state index contributed by atoms with van der Waals surface area (Å²) >= 11 is 3.32. The molecule has 0 saturated heterocycles. The van der Waals surface area contributed by atoms with Gasteiger partial charge in [-0.2, -0.15) is 0 Å². The number of rotatable bonds is 5. The molecular weight excluding hydrogens is 302 g/mol. The zero-order chi connectivity index (χ0) is 13.5. The fourth-order valence-corrected chi connectivity index (χ4v) is 1.69. The van der Waals surface area contributed by atoms with Crippen LogP contribution in [0, 0.1) is 0 Å². The van der Waals surface area contributed by atoms with E-state index >= 15 is 0 Å². The molecule has 98 valence electrons. The van der Waals surface area contributed by atoms with Crippen molar-refractivity contribution >= 4 is 27.8 Å². The maximum Gasteiger partial charge on any atom is 0.331 e. The number of para-hydroxylation sites is 1. The number of carbonyl (C=O) groups excluding carboxylic acids is 2. The highest BCUT2D eigenvalue weighted by atomic mass is 79.9. The summed E-state index contributed by atoms with van der Waals surface area (Å²) in [6, 6.07) is 6.42. The van der Waals surface area contributed by atoms with Gasteiger partial charge in [-0.15, -0.1) is 0 Å². The van der Waals surface area contributed by atoms with Gasteiger partial charge in [0.1, 0.15) is 12.4 Å². The minimum atomic E-state index is -0.820. The zero-order valence-corrected chi connectivity index (χ0v) is 11.7. The van der Waals surface area contributed by atoms with Crippen LogP contribution in [0.1, 0.15) is 6.92 Å². The molecule has 1 N–H and O–H groups in total. The molecule has 0 fully saturated rings.